The predicted octanol–water partition coefficient (Wildman–Crippen LogP) is 4.20. The molecule has 0 saturated carbocycles. The summed E-state index contributed by atoms with van der Waals surface area (Å²) in [5.74, 6) is 0.592. The van der Waals surface area contributed by atoms with Crippen molar-refractivity contribution >= 4 is 11.6 Å². The minimum atomic E-state index is 0.0393. The molecule has 0 aliphatic rings. The Balaban J connectivity index is 2.01. The van der Waals surface area contributed by atoms with Crippen molar-refractivity contribution in [2.45, 2.75) is 39.5 Å². The maximum Gasteiger partial charge on any atom is 0.213 e. The predicted molar refractivity (Wildman–Crippen MR) is 86.6 cm³/mol. The average Bonchev–Trinajstić information content (AvgIpc) is 2.45. The van der Waals surface area contributed by atoms with Crippen molar-refractivity contribution in [3.63, 3.8) is 0 Å². The summed E-state index contributed by atoms with van der Waals surface area (Å²) in [5.41, 5.74) is 2.14. The van der Waals surface area contributed by atoms with Crippen molar-refractivity contribution < 1.29 is 4.74 Å². The van der Waals surface area contributed by atoms with Crippen LogP contribution >= 0.6 is 11.6 Å². The normalized spacial score (nSPS) is 11.4. The number of rotatable bonds is 5. The molecule has 21 heavy (non-hydrogen) atoms. The van der Waals surface area contributed by atoms with Gasteiger partial charge in [-0.1, -0.05) is 41.9 Å². The molecule has 1 aromatic heterocycles. The molecule has 0 radical (unpaired) electrons. The van der Waals surface area contributed by atoms with Gasteiger partial charge in [-0.2, -0.15) is 0 Å². The van der Waals surface area contributed by atoms with E-state index in [4.69, 9.17) is 16.3 Å². The molecule has 1 heterocycles. The molecule has 2 aromatic rings. The molecule has 0 aliphatic carbocycles. The number of benzene rings is 1. The maximum absolute atomic E-state index is 6.18. The van der Waals surface area contributed by atoms with Crippen LogP contribution in [0.3, 0.4) is 0 Å². The van der Waals surface area contributed by atoms with Crippen LogP contribution in [0, 0.1) is 0 Å². The number of aromatic nitrogens is 1. The molecule has 0 unspecified atom stereocenters. The molecule has 1 aromatic carbocycles. The lowest BCUT2D eigenvalue weighted by Gasteiger charge is -2.21. The number of hydrogen-bond donors (Lipinski definition) is 1. The Morgan fingerprint density at radius 1 is 1.19 bits per heavy atom. The lowest BCUT2D eigenvalue weighted by molar-refractivity contribution is 0.293. The van der Waals surface area contributed by atoms with Crippen molar-refractivity contribution in [2.24, 2.45) is 0 Å². The topological polar surface area (TPSA) is 34.1 Å². The fourth-order valence-electron chi connectivity index (χ4n) is 1.76. The molecule has 0 spiro atoms. The largest absolute Gasteiger partial charge is 0.473 e. The fraction of sp³-hybridized carbons (Fsp3) is 0.353. The smallest absolute Gasteiger partial charge is 0.213 e. The van der Waals surface area contributed by atoms with Crippen LogP contribution in [-0.2, 0) is 13.2 Å². The van der Waals surface area contributed by atoms with E-state index in [1.165, 1.54) is 0 Å². The van der Waals surface area contributed by atoms with Gasteiger partial charge in [-0.3, -0.25) is 0 Å². The zero-order valence-electron chi connectivity index (χ0n) is 12.7. The number of nitrogens with zero attached hydrogens (tertiary/aromatic N) is 1. The van der Waals surface area contributed by atoms with Crippen LogP contribution in [0.4, 0.5) is 0 Å². The van der Waals surface area contributed by atoms with Gasteiger partial charge in [-0.05, 0) is 31.9 Å². The third-order valence-electron chi connectivity index (χ3n) is 2.95. The van der Waals surface area contributed by atoms with Gasteiger partial charge in [0, 0.05) is 24.3 Å². The van der Waals surface area contributed by atoms with Crippen LogP contribution in [0.5, 0.6) is 5.88 Å². The van der Waals surface area contributed by atoms with Crippen LogP contribution < -0.4 is 10.1 Å². The quantitative estimate of drug-likeness (QED) is 0.899. The highest BCUT2D eigenvalue weighted by molar-refractivity contribution is 6.31. The minimum absolute atomic E-state index is 0.0393. The van der Waals surface area contributed by atoms with E-state index in [0.29, 0.717) is 24.1 Å². The summed E-state index contributed by atoms with van der Waals surface area (Å²) in [6.07, 6.45) is 1.64. The van der Waals surface area contributed by atoms with Crippen LogP contribution in [0.15, 0.2) is 42.6 Å². The molecular weight excluding hydrogens is 284 g/mol. The van der Waals surface area contributed by atoms with Gasteiger partial charge in [0.05, 0.1) is 5.02 Å². The Bertz CT molecular complexity index is 579. The lowest BCUT2D eigenvalue weighted by Crippen LogP contribution is -2.35. The first-order chi connectivity index (χ1) is 9.94. The van der Waals surface area contributed by atoms with Gasteiger partial charge in [-0.15, -0.1) is 0 Å². The molecule has 4 heteroatoms. The Morgan fingerprint density at radius 3 is 2.57 bits per heavy atom. The second-order valence-electron chi connectivity index (χ2n) is 5.99. The third kappa shape index (κ3) is 5.37. The Labute approximate surface area is 131 Å². The summed E-state index contributed by atoms with van der Waals surface area (Å²) in [7, 11) is 0. The molecule has 0 atom stereocenters. The lowest BCUT2D eigenvalue weighted by atomic mass is 10.1. The third-order valence-corrected chi connectivity index (χ3v) is 3.29. The van der Waals surface area contributed by atoms with E-state index in [2.05, 4.69) is 31.1 Å². The molecule has 0 amide bonds. The summed E-state index contributed by atoms with van der Waals surface area (Å²) < 4.78 is 5.72. The van der Waals surface area contributed by atoms with Crippen molar-refractivity contribution in [1.82, 2.24) is 10.3 Å². The number of pyridine rings is 1. The van der Waals surface area contributed by atoms with Gasteiger partial charge in [0.2, 0.25) is 5.88 Å². The van der Waals surface area contributed by atoms with E-state index in [0.717, 1.165) is 11.1 Å². The average molecular weight is 305 g/mol. The highest BCUT2D eigenvalue weighted by Gasteiger charge is 2.11. The molecule has 2 rings (SSSR count). The van der Waals surface area contributed by atoms with Crippen LogP contribution in [-0.4, -0.2) is 10.5 Å². The standard InChI is InChI=1S/C17H21ClN2O/c1-17(2,3)20-10-14-9-16(19-11-15(14)18)21-12-13-7-5-4-6-8-13/h4-9,11,20H,10,12H2,1-3H3. The molecule has 0 saturated heterocycles. The van der Waals surface area contributed by atoms with E-state index in [1.807, 2.05) is 36.4 Å². The molecule has 0 fully saturated rings. The SMILES string of the molecule is CC(C)(C)NCc1cc(OCc2ccccc2)ncc1Cl. The van der Waals surface area contributed by atoms with Gasteiger partial charge < -0.3 is 10.1 Å². The number of nitrogens with one attached hydrogen (secondary N) is 1. The first-order valence-electron chi connectivity index (χ1n) is 7.00. The fourth-order valence-corrected chi connectivity index (χ4v) is 1.93. The molecule has 0 bridgehead atoms. The van der Waals surface area contributed by atoms with E-state index >= 15 is 0 Å². The molecule has 3 nitrogen and oxygen atoms in total. The first kappa shape index (κ1) is 15.8. The summed E-state index contributed by atoms with van der Waals surface area (Å²) in [4.78, 5) is 4.22. The zero-order valence-corrected chi connectivity index (χ0v) is 13.4. The van der Waals surface area contributed by atoms with Crippen molar-refractivity contribution in [2.75, 3.05) is 0 Å². The number of halogens is 1. The van der Waals surface area contributed by atoms with Gasteiger partial charge in [0.25, 0.3) is 0 Å². The molecule has 1 N–H and O–H groups in total. The Hall–Kier alpha value is -1.58. The second-order valence-corrected chi connectivity index (χ2v) is 6.40. The van der Waals surface area contributed by atoms with Gasteiger partial charge in [0.1, 0.15) is 6.61 Å². The highest BCUT2D eigenvalue weighted by Crippen LogP contribution is 2.20. The summed E-state index contributed by atoms with van der Waals surface area (Å²) >= 11 is 6.18. The van der Waals surface area contributed by atoms with Crippen molar-refractivity contribution in [3.8, 4) is 5.88 Å². The monoisotopic (exact) mass is 304 g/mol. The molecular formula is C17H21ClN2O. The van der Waals surface area contributed by atoms with Crippen LogP contribution in [0.1, 0.15) is 31.9 Å². The van der Waals surface area contributed by atoms with Crippen LogP contribution in [0.2, 0.25) is 5.02 Å². The molecule has 0 aliphatic heterocycles. The first-order valence-corrected chi connectivity index (χ1v) is 7.38. The van der Waals surface area contributed by atoms with Crippen LogP contribution in [0.25, 0.3) is 0 Å². The molecule has 112 valence electrons. The van der Waals surface area contributed by atoms with Gasteiger partial charge >= 0.3 is 0 Å². The second kappa shape index (κ2) is 6.92. The van der Waals surface area contributed by atoms with Gasteiger partial charge in [-0.25, -0.2) is 4.98 Å². The Kier molecular flexibility index (Phi) is 5.21. The van der Waals surface area contributed by atoms with Crippen molar-refractivity contribution in [1.29, 1.82) is 0 Å². The highest BCUT2D eigenvalue weighted by atomic mass is 35.5. The van der Waals surface area contributed by atoms with E-state index in [9.17, 15) is 0 Å². The van der Waals surface area contributed by atoms with E-state index in [-0.39, 0.29) is 5.54 Å². The summed E-state index contributed by atoms with van der Waals surface area (Å²) in [5, 5.41) is 4.06. The van der Waals surface area contributed by atoms with E-state index in [1.54, 1.807) is 6.20 Å². The number of hydrogen-bond acceptors (Lipinski definition) is 3. The van der Waals surface area contributed by atoms with Crippen molar-refractivity contribution in [3.05, 3.63) is 58.7 Å². The summed E-state index contributed by atoms with van der Waals surface area (Å²) in [6.45, 7) is 7.55. The number of ether oxygens (including phenoxy) is 1. The Morgan fingerprint density at radius 2 is 1.90 bits per heavy atom. The minimum Gasteiger partial charge on any atom is -0.473 e. The zero-order chi connectivity index (χ0) is 15.3. The maximum atomic E-state index is 6.18. The van der Waals surface area contributed by atoms with Gasteiger partial charge in [0.15, 0.2) is 0 Å². The summed E-state index contributed by atoms with van der Waals surface area (Å²) in [6, 6.07) is 11.9. The van der Waals surface area contributed by atoms with E-state index < -0.39 is 0 Å².